The van der Waals surface area contributed by atoms with Crippen LogP contribution < -0.4 is 4.74 Å². The number of pyridine rings is 2. The highest BCUT2D eigenvalue weighted by molar-refractivity contribution is 6.29. The number of nitrogens with zero attached hydrogens (tertiary/aromatic N) is 6. The maximum absolute atomic E-state index is 12.0. The predicted octanol–water partition coefficient (Wildman–Crippen LogP) is 7.07. The first-order valence-corrected chi connectivity index (χ1v) is 15.1. The Kier molecular flexibility index (Phi) is 14.3. The molecule has 0 saturated carbocycles. The Labute approximate surface area is 270 Å². The molecule has 2 aliphatic rings. The molecule has 2 amide bonds. The van der Waals surface area contributed by atoms with Crippen LogP contribution in [0, 0.1) is 13.1 Å². The van der Waals surface area contributed by atoms with Crippen molar-refractivity contribution in [3.63, 3.8) is 0 Å². The van der Waals surface area contributed by atoms with Crippen molar-refractivity contribution in [2.45, 2.75) is 90.6 Å². The molecule has 0 atom stereocenters. The van der Waals surface area contributed by atoms with Crippen LogP contribution in [0.5, 0.6) is 5.88 Å². The number of hydrogen-bond acceptors (Lipinski definition) is 8. The minimum atomic E-state index is -0.473. The normalized spacial score (nSPS) is 15.6. The van der Waals surface area contributed by atoms with E-state index in [1.54, 1.807) is 34.1 Å². The van der Waals surface area contributed by atoms with Gasteiger partial charge in [0.15, 0.2) is 0 Å². The molecule has 1 N–H and O–H groups in total. The third-order valence-corrected chi connectivity index (χ3v) is 6.41. The van der Waals surface area contributed by atoms with E-state index in [1.165, 1.54) is 12.4 Å². The van der Waals surface area contributed by atoms with Crippen LogP contribution in [-0.4, -0.2) is 86.6 Å². The number of aliphatic hydroxyl groups is 1. The highest BCUT2D eigenvalue weighted by Crippen LogP contribution is 2.21. The molecule has 12 nitrogen and oxygen atoms in total. The van der Waals surface area contributed by atoms with Crippen molar-refractivity contribution in [1.82, 2.24) is 19.8 Å². The van der Waals surface area contributed by atoms with E-state index in [0.717, 1.165) is 12.8 Å². The summed E-state index contributed by atoms with van der Waals surface area (Å²) >= 11 is 5.45. The number of aliphatic hydroxyl groups excluding tert-OH is 1. The van der Waals surface area contributed by atoms with E-state index >= 15 is 0 Å². The van der Waals surface area contributed by atoms with Crippen LogP contribution in [0.15, 0.2) is 36.7 Å². The van der Waals surface area contributed by atoms with E-state index in [9.17, 15) is 14.7 Å². The van der Waals surface area contributed by atoms with Gasteiger partial charge in [-0.2, -0.15) is 0 Å². The van der Waals surface area contributed by atoms with E-state index in [1.807, 2.05) is 41.5 Å². The zero-order valence-electron chi connectivity index (χ0n) is 26.8. The maximum Gasteiger partial charge on any atom is 0.410 e. The molecule has 13 heteroatoms. The zero-order valence-corrected chi connectivity index (χ0v) is 27.6. The van der Waals surface area contributed by atoms with Gasteiger partial charge in [-0.05, 0) is 72.6 Å². The quantitative estimate of drug-likeness (QED) is 0.272. The van der Waals surface area contributed by atoms with Crippen molar-refractivity contribution in [2.24, 2.45) is 0 Å². The fourth-order valence-corrected chi connectivity index (χ4v) is 4.08. The van der Waals surface area contributed by atoms with Crippen molar-refractivity contribution in [1.29, 1.82) is 0 Å². The van der Waals surface area contributed by atoms with Crippen molar-refractivity contribution in [3.8, 4) is 5.88 Å². The number of piperidine rings is 2. The molecule has 4 rings (SSSR count). The zero-order chi connectivity index (χ0) is 33.6. The van der Waals surface area contributed by atoms with Crippen LogP contribution in [0.2, 0.25) is 5.15 Å². The first-order valence-electron chi connectivity index (χ1n) is 14.7. The molecular formula is C32H43ClN6O6. The molecule has 2 fully saturated rings. The number of aromatic nitrogens is 2. The minimum absolute atomic E-state index is 0.0324. The highest BCUT2D eigenvalue weighted by atomic mass is 35.5. The second-order valence-electron chi connectivity index (χ2n) is 12.4. The highest BCUT2D eigenvalue weighted by Gasteiger charge is 2.28. The second-order valence-corrected chi connectivity index (χ2v) is 12.8. The number of ether oxygens (including phenoxy) is 3. The van der Waals surface area contributed by atoms with Gasteiger partial charge in [0.1, 0.15) is 22.5 Å². The second kappa shape index (κ2) is 17.4. The fraction of sp³-hybridized carbons (Fsp3) is 0.562. The van der Waals surface area contributed by atoms with Gasteiger partial charge in [0.2, 0.25) is 17.3 Å². The Morgan fingerprint density at radius 3 is 1.62 bits per heavy atom. The Balaban J connectivity index is 0.000000261. The lowest BCUT2D eigenvalue weighted by atomic mass is 10.1. The summed E-state index contributed by atoms with van der Waals surface area (Å²) in [5, 5.41) is 9.68. The predicted molar refractivity (Wildman–Crippen MR) is 171 cm³/mol. The summed E-state index contributed by atoms with van der Waals surface area (Å²) in [5.74, 6) is 0.517. The molecule has 0 bridgehead atoms. The third-order valence-electron chi connectivity index (χ3n) is 6.19. The van der Waals surface area contributed by atoms with Gasteiger partial charge in [-0.15, -0.1) is 0 Å². The van der Waals surface area contributed by atoms with Crippen molar-refractivity contribution >= 4 is 35.2 Å². The van der Waals surface area contributed by atoms with Crippen LogP contribution in [-0.2, 0) is 9.47 Å². The standard InChI is InChI=1S/C16H21N3O3.C10H19NO3.C6H3ClN2/c1-16(2,3)22-15(20)19-9-7-13(8-10-19)21-14-6-5-12(17-4)11-18-14;1-10(2,3)14-9(13)11-6-4-8(12)5-7-11;1-8-5-2-3-6(7)9-4-5/h5-6,11,13H,7-10H2,1-3H3;8,12H,4-7H2,1-3H3;2-4H. The molecule has 0 spiro atoms. The Bertz CT molecular complexity index is 1300. The topological polar surface area (TPSA) is 123 Å². The van der Waals surface area contributed by atoms with Gasteiger partial charge in [0.25, 0.3) is 0 Å². The van der Waals surface area contributed by atoms with Gasteiger partial charge in [-0.3, -0.25) is 4.98 Å². The lowest BCUT2D eigenvalue weighted by molar-refractivity contribution is 0.00954. The number of rotatable bonds is 2. The van der Waals surface area contributed by atoms with E-state index < -0.39 is 11.2 Å². The summed E-state index contributed by atoms with van der Waals surface area (Å²) in [5.41, 5.74) is 0.0954. The molecule has 0 radical (unpaired) electrons. The number of halogens is 1. The third kappa shape index (κ3) is 14.9. The van der Waals surface area contributed by atoms with E-state index in [0.29, 0.717) is 61.4 Å². The number of amides is 2. The molecule has 0 aliphatic carbocycles. The smallest absolute Gasteiger partial charge is 0.410 e. The Morgan fingerprint density at radius 2 is 1.24 bits per heavy atom. The SMILES string of the molecule is CC(C)(C)OC(=O)N1CCC(O)CC1.[C-]#[N+]c1ccc(Cl)nc1.[C-]#[N+]c1ccc(OC2CCN(C(=O)OC(C)(C)C)CC2)nc1. The Hall–Kier alpha value is -4.13. The van der Waals surface area contributed by atoms with Gasteiger partial charge in [0.05, 0.1) is 19.2 Å². The average Bonchev–Trinajstić information content (AvgIpc) is 2.97. The van der Waals surface area contributed by atoms with Crippen LogP contribution in [0.1, 0.15) is 67.2 Å². The number of hydrogen-bond donors (Lipinski definition) is 1. The molecule has 4 heterocycles. The molecule has 2 aliphatic heterocycles. The summed E-state index contributed by atoms with van der Waals surface area (Å²) in [6, 6.07) is 6.61. The van der Waals surface area contributed by atoms with Gasteiger partial charge in [-0.25, -0.2) is 24.3 Å². The number of likely N-dealkylation sites (tertiary alicyclic amines) is 2. The molecule has 2 aromatic rings. The number of carbonyl (C=O) groups is 2. The molecular weight excluding hydrogens is 600 g/mol. The first-order chi connectivity index (χ1) is 21.1. The monoisotopic (exact) mass is 642 g/mol. The van der Waals surface area contributed by atoms with Crippen LogP contribution >= 0.6 is 11.6 Å². The fourth-order valence-electron chi connectivity index (χ4n) is 3.97. The summed E-state index contributed by atoms with van der Waals surface area (Å²) in [6.45, 7) is 27.0. The maximum atomic E-state index is 12.0. The molecule has 45 heavy (non-hydrogen) atoms. The van der Waals surface area contributed by atoms with Crippen LogP contribution in [0.3, 0.4) is 0 Å². The van der Waals surface area contributed by atoms with Gasteiger partial charge in [0, 0.05) is 51.4 Å². The summed E-state index contributed by atoms with van der Waals surface area (Å²) < 4.78 is 16.4. The lowest BCUT2D eigenvalue weighted by Gasteiger charge is -2.33. The summed E-state index contributed by atoms with van der Waals surface area (Å²) in [4.78, 5) is 41.1. The average molecular weight is 643 g/mol. The van der Waals surface area contributed by atoms with Crippen molar-refractivity contribution < 1.29 is 28.9 Å². The minimum Gasteiger partial charge on any atom is -0.474 e. The van der Waals surface area contributed by atoms with Gasteiger partial charge >= 0.3 is 12.2 Å². The molecule has 0 aromatic carbocycles. The van der Waals surface area contributed by atoms with Crippen molar-refractivity contribution in [3.05, 3.63) is 64.6 Å². The van der Waals surface area contributed by atoms with Crippen LogP contribution in [0.4, 0.5) is 21.0 Å². The number of carbonyl (C=O) groups excluding carboxylic acids is 2. The molecule has 244 valence electrons. The van der Waals surface area contributed by atoms with E-state index in [-0.39, 0.29) is 24.4 Å². The lowest BCUT2D eigenvalue weighted by Crippen LogP contribution is -2.44. The van der Waals surface area contributed by atoms with Gasteiger partial charge < -0.3 is 29.1 Å². The molecule has 2 aromatic heterocycles. The molecule has 2 saturated heterocycles. The summed E-state index contributed by atoms with van der Waals surface area (Å²) in [7, 11) is 0. The summed E-state index contributed by atoms with van der Waals surface area (Å²) in [6.07, 6.45) is 4.96. The van der Waals surface area contributed by atoms with E-state index in [4.69, 9.17) is 39.0 Å². The first kappa shape index (κ1) is 37.1. The largest absolute Gasteiger partial charge is 0.474 e. The Morgan fingerprint density at radius 1 is 0.800 bits per heavy atom. The van der Waals surface area contributed by atoms with Crippen LogP contribution in [0.25, 0.3) is 9.69 Å². The molecule has 0 unspecified atom stereocenters. The van der Waals surface area contributed by atoms with Gasteiger partial charge in [-0.1, -0.05) is 17.7 Å². The van der Waals surface area contributed by atoms with E-state index in [2.05, 4.69) is 19.7 Å². The van der Waals surface area contributed by atoms with Crippen molar-refractivity contribution in [2.75, 3.05) is 26.2 Å².